The van der Waals surface area contributed by atoms with Gasteiger partial charge in [-0.1, -0.05) is 0 Å². The number of aryl methyl sites for hydroxylation is 1. The van der Waals surface area contributed by atoms with Crippen LogP contribution in [0.2, 0.25) is 0 Å². The van der Waals surface area contributed by atoms with Crippen molar-refractivity contribution in [3.8, 4) is 6.07 Å². The van der Waals surface area contributed by atoms with Gasteiger partial charge in [0.1, 0.15) is 17.9 Å². The number of carbonyl (C=O) groups is 1. The van der Waals surface area contributed by atoms with Crippen molar-refractivity contribution in [3.63, 3.8) is 0 Å². The molecule has 0 aromatic carbocycles. The van der Waals surface area contributed by atoms with Crippen molar-refractivity contribution in [1.82, 2.24) is 4.98 Å². The number of hydrogen-bond acceptors (Lipinski definition) is 5. The molecule has 1 fully saturated rings. The summed E-state index contributed by atoms with van der Waals surface area (Å²) >= 11 is 0. The van der Waals surface area contributed by atoms with Gasteiger partial charge in [0.15, 0.2) is 0 Å². The van der Waals surface area contributed by atoms with E-state index in [1.165, 1.54) is 0 Å². The number of ether oxygens (including phenoxy) is 1. The summed E-state index contributed by atoms with van der Waals surface area (Å²) in [5.74, 6) is 0.0338. The molecule has 1 aliphatic rings. The lowest BCUT2D eigenvalue weighted by Gasteiger charge is -2.34. The Bertz CT molecular complexity index is 509. The maximum atomic E-state index is 11.4. The van der Waals surface area contributed by atoms with Gasteiger partial charge in [-0.05, 0) is 19.1 Å². The normalized spacial score (nSPS) is 19.3. The summed E-state index contributed by atoms with van der Waals surface area (Å²) in [6, 6.07) is 4.98. The molecule has 6 heteroatoms. The van der Waals surface area contributed by atoms with E-state index in [2.05, 4.69) is 11.1 Å². The second kappa shape index (κ2) is 5.02. The molecule has 2 heterocycles. The van der Waals surface area contributed by atoms with Gasteiger partial charge in [0.2, 0.25) is 5.91 Å². The number of pyridine rings is 1. The van der Waals surface area contributed by atoms with Gasteiger partial charge >= 0.3 is 0 Å². The van der Waals surface area contributed by atoms with Gasteiger partial charge in [-0.3, -0.25) is 4.79 Å². The predicted molar refractivity (Wildman–Crippen MR) is 64.8 cm³/mol. The molecule has 1 atom stereocenters. The van der Waals surface area contributed by atoms with E-state index in [9.17, 15) is 4.79 Å². The zero-order chi connectivity index (χ0) is 13.1. The predicted octanol–water partition coefficient (Wildman–Crippen LogP) is -0.0478. The number of morpholine rings is 1. The fourth-order valence-electron chi connectivity index (χ4n) is 1.94. The van der Waals surface area contributed by atoms with Crippen LogP contribution in [0.1, 0.15) is 11.3 Å². The molecular weight excluding hydrogens is 232 g/mol. The van der Waals surface area contributed by atoms with Crippen LogP contribution in [0.15, 0.2) is 12.1 Å². The monoisotopic (exact) mass is 246 g/mol. The lowest BCUT2D eigenvalue weighted by atomic mass is 10.1. The van der Waals surface area contributed by atoms with Crippen LogP contribution in [0.3, 0.4) is 0 Å². The average molecular weight is 246 g/mol. The third-order valence-corrected chi connectivity index (χ3v) is 2.86. The van der Waals surface area contributed by atoms with Crippen molar-refractivity contribution < 1.29 is 9.53 Å². The number of nitrogens with two attached hydrogens (primary N) is 1. The van der Waals surface area contributed by atoms with Gasteiger partial charge < -0.3 is 15.4 Å². The Hall–Kier alpha value is -2.13. The Kier molecular flexibility index (Phi) is 3.44. The minimum absolute atomic E-state index is 0.232. The number of aromatic nitrogens is 1. The Balaban J connectivity index is 2.42. The molecule has 1 amide bonds. The van der Waals surface area contributed by atoms with Crippen LogP contribution in [0.5, 0.6) is 0 Å². The van der Waals surface area contributed by atoms with Crippen LogP contribution in [-0.2, 0) is 9.53 Å². The Morgan fingerprint density at radius 3 is 3.11 bits per heavy atom. The summed E-state index contributed by atoms with van der Waals surface area (Å²) in [5, 5.41) is 9.10. The Morgan fingerprint density at radius 1 is 1.67 bits per heavy atom. The third-order valence-electron chi connectivity index (χ3n) is 2.86. The summed E-state index contributed by atoms with van der Waals surface area (Å²) < 4.78 is 5.25. The molecule has 6 nitrogen and oxygen atoms in total. The molecule has 18 heavy (non-hydrogen) atoms. The van der Waals surface area contributed by atoms with Gasteiger partial charge in [-0.25, -0.2) is 4.98 Å². The summed E-state index contributed by atoms with van der Waals surface area (Å²) in [6.45, 7) is 3.06. The Morgan fingerprint density at radius 2 is 2.44 bits per heavy atom. The van der Waals surface area contributed by atoms with E-state index in [4.69, 9.17) is 15.7 Å². The lowest BCUT2D eigenvalue weighted by Crippen LogP contribution is -2.53. The number of anilines is 1. The lowest BCUT2D eigenvalue weighted by molar-refractivity contribution is -0.121. The largest absolute Gasteiger partial charge is 0.377 e. The number of nitrogens with zero attached hydrogens (tertiary/aromatic N) is 3. The van der Waals surface area contributed by atoms with E-state index in [1.54, 1.807) is 17.0 Å². The van der Waals surface area contributed by atoms with Crippen LogP contribution in [0.4, 0.5) is 5.82 Å². The first kappa shape index (κ1) is 12.3. The van der Waals surface area contributed by atoms with E-state index in [-0.39, 0.29) is 6.61 Å². The molecule has 1 aromatic rings. The standard InChI is InChI=1S/C12H14N4O2/c1-8-2-3-9(6-13)12(15-8)16-4-5-18-7-10(16)11(14)17/h2-3,10H,4-5,7H2,1H3,(H2,14,17). The van der Waals surface area contributed by atoms with E-state index >= 15 is 0 Å². The zero-order valence-electron chi connectivity index (χ0n) is 10.1. The molecule has 0 bridgehead atoms. The second-order valence-corrected chi connectivity index (χ2v) is 4.12. The molecule has 0 saturated carbocycles. The molecule has 0 radical (unpaired) electrons. The van der Waals surface area contributed by atoms with Gasteiger partial charge in [-0.2, -0.15) is 5.26 Å². The third kappa shape index (κ3) is 2.26. The summed E-state index contributed by atoms with van der Waals surface area (Å²) in [6.07, 6.45) is 0. The Labute approximate surface area is 105 Å². The maximum Gasteiger partial charge on any atom is 0.242 e. The topological polar surface area (TPSA) is 92.2 Å². The highest BCUT2D eigenvalue weighted by Crippen LogP contribution is 2.22. The van der Waals surface area contributed by atoms with Crippen LogP contribution in [-0.4, -0.2) is 36.7 Å². The maximum absolute atomic E-state index is 11.4. The van der Waals surface area contributed by atoms with E-state index in [0.717, 1.165) is 5.69 Å². The molecule has 1 unspecified atom stereocenters. The van der Waals surface area contributed by atoms with Crippen LogP contribution < -0.4 is 10.6 Å². The molecule has 0 spiro atoms. The molecule has 1 aromatic heterocycles. The van der Waals surface area contributed by atoms with Gasteiger partial charge in [0.25, 0.3) is 0 Å². The number of carbonyl (C=O) groups excluding carboxylic acids is 1. The van der Waals surface area contributed by atoms with Crippen molar-refractivity contribution in [3.05, 3.63) is 23.4 Å². The minimum Gasteiger partial charge on any atom is -0.377 e. The van der Waals surface area contributed by atoms with Gasteiger partial charge in [-0.15, -0.1) is 0 Å². The van der Waals surface area contributed by atoms with Crippen molar-refractivity contribution in [1.29, 1.82) is 5.26 Å². The molecular formula is C12H14N4O2. The fraction of sp³-hybridized carbons (Fsp3) is 0.417. The number of rotatable bonds is 2. The SMILES string of the molecule is Cc1ccc(C#N)c(N2CCOCC2C(N)=O)n1. The summed E-state index contributed by atoms with van der Waals surface area (Å²) in [4.78, 5) is 17.5. The highest BCUT2D eigenvalue weighted by atomic mass is 16.5. The van der Waals surface area contributed by atoms with E-state index < -0.39 is 11.9 Å². The highest BCUT2D eigenvalue weighted by molar-refractivity contribution is 5.84. The van der Waals surface area contributed by atoms with Crippen molar-refractivity contribution in [2.75, 3.05) is 24.7 Å². The molecule has 0 aliphatic carbocycles. The molecule has 1 saturated heterocycles. The zero-order valence-corrected chi connectivity index (χ0v) is 10.1. The van der Waals surface area contributed by atoms with Crippen LogP contribution in [0.25, 0.3) is 0 Å². The number of primary amides is 1. The number of nitriles is 1. The van der Waals surface area contributed by atoms with E-state index in [0.29, 0.717) is 24.5 Å². The van der Waals surface area contributed by atoms with Crippen molar-refractivity contribution in [2.45, 2.75) is 13.0 Å². The first-order chi connectivity index (χ1) is 8.63. The molecule has 1 aliphatic heterocycles. The average Bonchev–Trinajstić information content (AvgIpc) is 2.38. The summed E-state index contributed by atoms with van der Waals surface area (Å²) in [7, 11) is 0. The van der Waals surface area contributed by atoms with Crippen molar-refractivity contribution >= 4 is 11.7 Å². The second-order valence-electron chi connectivity index (χ2n) is 4.12. The van der Waals surface area contributed by atoms with Crippen LogP contribution in [0, 0.1) is 18.3 Å². The molecule has 94 valence electrons. The fourth-order valence-corrected chi connectivity index (χ4v) is 1.94. The first-order valence-corrected chi connectivity index (χ1v) is 5.65. The number of hydrogen-bond donors (Lipinski definition) is 1. The smallest absolute Gasteiger partial charge is 0.242 e. The molecule has 2 N–H and O–H groups in total. The first-order valence-electron chi connectivity index (χ1n) is 5.65. The molecule has 2 rings (SSSR count). The van der Waals surface area contributed by atoms with E-state index in [1.807, 2.05) is 6.92 Å². The highest BCUT2D eigenvalue weighted by Gasteiger charge is 2.30. The summed E-state index contributed by atoms with van der Waals surface area (Å²) in [5.41, 5.74) is 6.58. The van der Waals surface area contributed by atoms with Crippen molar-refractivity contribution in [2.24, 2.45) is 5.73 Å². The van der Waals surface area contributed by atoms with Gasteiger partial charge in [0, 0.05) is 12.2 Å². The van der Waals surface area contributed by atoms with Gasteiger partial charge in [0.05, 0.1) is 18.8 Å². The quantitative estimate of drug-likeness (QED) is 0.790. The minimum atomic E-state index is -0.569. The number of amides is 1. The van der Waals surface area contributed by atoms with Crippen LogP contribution >= 0.6 is 0 Å².